The van der Waals surface area contributed by atoms with Gasteiger partial charge in [0.15, 0.2) is 0 Å². The van der Waals surface area contributed by atoms with E-state index in [9.17, 15) is 15.2 Å². The van der Waals surface area contributed by atoms with Crippen LogP contribution in [0, 0.1) is 18.3 Å². The third kappa shape index (κ3) is 3.53. The molecular weight excluding hydrogens is 446 g/mol. The van der Waals surface area contributed by atoms with Gasteiger partial charge in [0.1, 0.15) is 12.7 Å². The maximum absolute atomic E-state index is 11.8. The zero-order valence-electron chi connectivity index (χ0n) is 19.0. The van der Waals surface area contributed by atoms with E-state index in [-0.39, 0.29) is 12.6 Å². The van der Waals surface area contributed by atoms with Crippen molar-refractivity contribution in [2.24, 2.45) is 0 Å². The number of nitrogens with zero attached hydrogens (tertiary/aromatic N) is 7. The van der Waals surface area contributed by atoms with Crippen molar-refractivity contribution in [2.45, 2.75) is 32.6 Å². The minimum atomic E-state index is -0.685. The molecule has 0 spiro atoms. The third-order valence-electron chi connectivity index (χ3n) is 6.81. The number of carbonyl (C=O) groups excluding carboxylic acids is 1. The molecule has 0 saturated carbocycles. The summed E-state index contributed by atoms with van der Waals surface area (Å²) in [5, 5.41) is 25.4. The fourth-order valence-electron chi connectivity index (χ4n) is 4.88. The van der Waals surface area contributed by atoms with Gasteiger partial charge in [0.05, 0.1) is 40.8 Å². The molecule has 5 heterocycles. The van der Waals surface area contributed by atoms with E-state index in [0.29, 0.717) is 47.5 Å². The molecule has 0 amide bonds. The number of aliphatic hydroxyl groups is 1. The maximum atomic E-state index is 11.8. The van der Waals surface area contributed by atoms with E-state index in [1.165, 1.54) is 6.20 Å². The molecule has 2 aliphatic rings. The summed E-state index contributed by atoms with van der Waals surface area (Å²) in [5.41, 5.74) is 6.26. The average molecular weight is 467 g/mol. The topological polar surface area (TPSA) is 130 Å². The molecule has 0 bridgehead atoms. The molecule has 2 aliphatic heterocycles. The number of cyclic esters (lactones) is 1. The van der Waals surface area contributed by atoms with E-state index in [1.807, 2.05) is 13.0 Å². The Balaban J connectivity index is 1.21. The van der Waals surface area contributed by atoms with Crippen molar-refractivity contribution < 1.29 is 14.6 Å². The van der Waals surface area contributed by atoms with Crippen molar-refractivity contribution in [3.05, 3.63) is 76.0 Å². The van der Waals surface area contributed by atoms with E-state index in [1.54, 1.807) is 29.3 Å². The number of nitriles is 1. The van der Waals surface area contributed by atoms with Crippen molar-refractivity contribution in [3.8, 4) is 12.0 Å². The second kappa shape index (κ2) is 8.23. The molecule has 0 saturated heterocycles. The maximum Gasteiger partial charge on any atom is 0.338 e. The van der Waals surface area contributed by atoms with Crippen LogP contribution in [0.2, 0.25) is 0 Å². The van der Waals surface area contributed by atoms with Crippen LogP contribution in [-0.2, 0) is 24.3 Å². The number of ether oxygens (including phenoxy) is 1. The predicted octanol–water partition coefficient (Wildman–Crippen LogP) is 2.15. The second-order valence-corrected chi connectivity index (χ2v) is 8.81. The van der Waals surface area contributed by atoms with E-state index < -0.39 is 6.10 Å². The SMILES string of the molecule is Cc1c(C(O)CN2CCc3nc(-n4ncc5c(C#N)cncc54)ncc3C2)ccc2c1COC2=O. The van der Waals surface area contributed by atoms with E-state index >= 15 is 0 Å². The summed E-state index contributed by atoms with van der Waals surface area (Å²) < 4.78 is 6.73. The van der Waals surface area contributed by atoms with Crippen LogP contribution in [0.1, 0.15) is 50.0 Å². The third-order valence-corrected chi connectivity index (χ3v) is 6.81. The van der Waals surface area contributed by atoms with Gasteiger partial charge in [-0.05, 0) is 24.1 Å². The van der Waals surface area contributed by atoms with Gasteiger partial charge >= 0.3 is 5.97 Å². The zero-order chi connectivity index (χ0) is 24.1. The molecule has 0 aliphatic carbocycles. The van der Waals surface area contributed by atoms with Crippen LogP contribution in [0.3, 0.4) is 0 Å². The van der Waals surface area contributed by atoms with Gasteiger partial charge in [0.2, 0.25) is 0 Å². The fraction of sp³-hybridized carbons (Fsp3) is 0.280. The number of hydrogen-bond donors (Lipinski definition) is 1. The molecule has 1 atom stereocenters. The van der Waals surface area contributed by atoms with Gasteiger partial charge in [-0.2, -0.15) is 15.0 Å². The lowest BCUT2D eigenvalue weighted by molar-refractivity contribution is 0.0535. The van der Waals surface area contributed by atoms with Crippen molar-refractivity contribution in [1.82, 2.24) is 29.6 Å². The lowest BCUT2D eigenvalue weighted by Crippen LogP contribution is -2.35. The highest BCUT2D eigenvalue weighted by Crippen LogP contribution is 2.30. The number of aliphatic hydroxyl groups excluding tert-OH is 1. The minimum Gasteiger partial charge on any atom is -0.457 e. The number of pyridine rings is 1. The first-order valence-corrected chi connectivity index (χ1v) is 11.3. The molecule has 1 N–H and O–H groups in total. The Labute approximate surface area is 200 Å². The van der Waals surface area contributed by atoms with Crippen LogP contribution in [0.4, 0.5) is 0 Å². The van der Waals surface area contributed by atoms with Gasteiger partial charge in [-0.3, -0.25) is 9.88 Å². The van der Waals surface area contributed by atoms with E-state index in [2.05, 4.69) is 26.0 Å². The molecule has 6 rings (SSSR count). The van der Waals surface area contributed by atoms with Gasteiger partial charge in [0.25, 0.3) is 5.95 Å². The predicted molar refractivity (Wildman–Crippen MR) is 123 cm³/mol. The number of carbonyl (C=O) groups is 1. The summed E-state index contributed by atoms with van der Waals surface area (Å²) in [4.78, 5) is 27.4. The Bertz CT molecular complexity index is 1540. The molecule has 1 unspecified atom stereocenters. The van der Waals surface area contributed by atoms with Crippen LogP contribution >= 0.6 is 0 Å². The first-order valence-electron chi connectivity index (χ1n) is 11.3. The van der Waals surface area contributed by atoms with Crippen molar-refractivity contribution in [1.29, 1.82) is 5.26 Å². The van der Waals surface area contributed by atoms with Crippen LogP contribution in [0.25, 0.3) is 16.9 Å². The summed E-state index contributed by atoms with van der Waals surface area (Å²) in [6, 6.07) is 5.69. The fourth-order valence-corrected chi connectivity index (χ4v) is 4.88. The van der Waals surface area contributed by atoms with Gasteiger partial charge in [0, 0.05) is 55.0 Å². The number of benzene rings is 1. The number of aromatic nitrogens is 5. The summed E-state index contributed by atoms with van der Waals surface area (Å²) in [7, 11) is 0. The quantitative estimate of drug-likeness (QED) is 0.449. The number of hydrogen-bond acceptors (Lipinski definition) is 9. The molecule has 4 aromatic rings. The van der Waals surface area contributed by atoms with Crippen LogP contribution in [-0.4, -0.2) is 53.8 Å². The zero-order valence-corrected chi connectivity index (χ0v) is 19.0. The second-order valence-electron chi connectivity index (χ2n) is 8.81. The van der Waals surface area contributed by atoms with Crippen molar-refractivity contribution in [2.75, 3.05) is 13.1 Å². The monoisotopic (exact) mass is 467 g/mol. The van der Waals surface area contributed by atoms with E-state index in [0.717, 1.165) is 34.5 Å². The number of esters is 1. The number of fused-ring (bicyclic) bond motifs is 3. The Morgan fingerprint density at radius 1 is 1.26 bits per heavy atom. The van der Waals surface area contributed by atoms with Crippen LogP contribution in [0.15, 0.2) is 36.9 Å². The molecule has 0 radical (unpaired) electrons. The Morgan fingerprint density at radius 3 is 3.00 bits per heavy atom. The molecule has 0 fully saturated rings. The first-order chi connectivity index (χ1) is 17.0. The minimum absolute atomic E-state index is 0.261. The van der Waals surface area contributed by atoms with E-state index in [4.69, 9.17) is 9.72 Å². The normalized spacial score (nSPS) is 16.0. The van der Waals surface area contributed by atoms with Gasteiger partial charge < -0.3 is 9.84 Å². The Kier molecular flexibility index (Phi) is 5.02. The van der Waals surface area contributed by atoms with Crippen molar-refractivity contribution in [3.63, 3.8) is 0 Å². The highest BCUT2D eigenvalue weighted by atomic mass is 16.5. The molecule has 35 heavy (non-hydrogen) atoms. The lowest BCUT2D eigenvalue weighted by Gasteiger charge is -2.30. The molecule has 174 valence electrons. The largest absolute Gasteiger partial charge is 0.457 e. The van der Waals surface area contributed by atoms with Gasteiger partial charge in [-0.15, -0.1) is 0 Å². The molecule has 1 aromatic carbocycles. The van der Waals surface area contributed by atoms with Crippen molar-refractivity contribution >= 4 is 16.9 Å². The first kappa shape index (κ1) is 21.3. The van der Waals surface area contributed by atoms with Gasteiger partial charge in [-0.1, -0.05) is 6.07 Å². The number of rotatable bonds is 4. The highest BCUT2D eigenvalue weighted by Gasteiger charge is 2.27. The molecular formula is C25H21N7O3. The molecule has 10 heteroatoms. The standard InChI is InChI=1S/C25H21N7O3/c1-14-17(2-3-18-20(14)13-35-24(18)34)23(33)12-31-5-4-21-16(11-31)8-28-25(30-21)32-22-10-27-7-15(6-26)19(22)9-29-32/h2-3,7-10,23,33H,4-5,11-13H2,1H3. The van der Waals surface area contributed by atoms with Crippen LogP contribution < -0.4 is 0 Å². The summed E-state index contributed by atoms with van der Waals surface area (Å²) in [5.74, 6) is 0.135. The smallest absolute Gasteiger partial charge is 0.338 e. The Hall–Kier alpha value is -4.20. The Morgan fingerprint density at radius 2 is 2.14 bits per heavy atom. The summed E-state index contributed by atoms with van der Waals surface area (Å²) in [6.07, 6.45) is 6.62. The molecule has 3 aromatic heterocycles. The summed E-state index contributed by atoms with van der Waals surface area (Å²) in [6.45, 7) is 4.01. The lowest BCUT2D eigenvalue weighted by atomic mass is 9.95. The van der Waals surface area contributed by atoms with Gasteiger partial charge in [-0.25, -0.2) is 14.8 Å². The highest BCUT2D eigenvalue weighted by molar-refractivity contribution is 5.94. The summed E-state index contributed by atoms with van der Waals surface area (Å²) >= 11 is 0. The molecule has 10 nitrogen and oxygen atoms in total. The van der Waals surface area contributed by atoms with Crippen LogP contribution in [0.5, 0.6) is 0 Å². The average Bonchev–Trinajstić information content (AvgIpc) is 3.48. The number of β-amino-alcohol motifs (C(OH)–C–C–N with tert-alkyl or cyclic N) is 1.